The molecule has 1 aromatic carbocycles. The highest BCUT2D eigenvalue weighted by Crippen LogP contribution is 2.24. The Balaban J connectivity index is 1.95. The minimum Gasteiger partial charge on any atom is -0.451 e. The van der Waals surface area contributed by atoms with Gasteiger partial charge >= 0.3 is 5.97 Å². The largest absolute Gasteiger partial charge is 0.451 e. The Bertz CT molecular complexity index is 842. The van der Waals surface area contributed by atoms with Crippen LogP contribution in [-0.4, -0.2) is 29.0 Å². The van der Waals surface area contributed by atoms with Crippen molar-refractivity contribution in [2.24, 2.45) is 5.92 Å². The monoisotopic (exact) mass is 375 g/mol. The van der Waals surface area contributed by atoms with Crippen LogP contribution in [0, 0.1) is 23.1 Å². The first-order chi connectivity index (χ1) is 12.2. The number of hydrogen-bond donors (Lipinski definition) is 1. The normalized spacial score (nSPS) is 12.9. The summed E-state index contributed by atoms with van der Waals surface area (Å²) < 4.78 is 17.9. The van der Waals surface area contributed by atoms with E-state index in [-0.39, 0.29) is 17.4 Å². The van der Waals surface area contributed by atoms with Crippen LogP contribution in [0.5, 0.6) is 0 Å². The van der Waals surface area contributed by atoms with Crippen molar-refractivity contribution in [1.82, 2.24) is 10.3 Å². The van der Waals surface area contributed by atoms with Gasteiger partial charge in [0, 0.05) is 10.9 Å². The van der Waals surface area contributed by atoms with E-state index in [1.54, 1.807) is 19.1 Å². The minimum atomic E-state index is -1.04. The summed E-state index contributed by atoms with van der Waals surface area (Å²) in [7, 11) is 0. The van der Waals surface area contributed by atoms with Crippen molar-refractivity contribution in [2.45, 2.75) is 26.3 Å². The maximum Gasteiger partial charge on any atom is 0.358 e. The lowest BCUT2D eigenvalue weighted by Crippen LogP contribution is -2.50. The number of thiazole rings is 1. The Hall–Kier alpha value is -2.79. The molecule has 26 heavy (non-hydrogen) atoms. The van der Waals surface area contributed by atoms with Crippen LogP contribution in [0.2, 0.25) is 0 Å². The second-order valence-electron chi connectivity index (χ2n) is 6.14. The molecule has 136 valence electrons. The molecule has 0 unspecified atom stereocenters. The number of carbonyl (C=O) groups excluding carboxylic acids is 2. The molecular formula is C18H18FN3O3S. The average molecular weight is 375 g/mol. The van der Waals surface area contributed by atoms with Crippen LogP contribution < -0.4 is 5.32 Å². The smallest absolute Gasteiger partial charge is 0.358 e. The third kappa shape index (κ3) is 4.64. The molecule has 0 spiro atoms. The fraction of sp³-hybridized carbons (Fsp3) is 0.333. The van der Waals surface area contributed by atoms with Crippen molar-refractivity contribution >= 4 is 23.2 Å². The fourth-order valence-corrected chi connectivity index (χ4v) is 2.72. The van der Waals surface area contributed by atoms with Gasteiger partial charge in [0.1, 0.15) is 16.4 Å². The first-order valence-corrected chi connectivity index (χ1v) is 8.74. The maximum atomic E-state index is 13.0. The number of ether oxygens (including phenoxy) is 1. The summed E-state index contributed by atoms with van der Waals surface area (Å²) in [5.41, 5.74) is -0.302. The number of esters is 1. The number of amides is 1. The lowest BCUT2D eigenvalue weighted by Gasteiger charge is -2.27. The number of halogens is 1. The van der Waals surface area contributed by atoms with Gasteiger partial charge in [-0.3, -0.25) is 4.79 Å². The van der Waals surface area contributed by atoms with Gasteiger partial charge < -0.3 is 10.1 Å². The summed E-state index contributed by atoms with van der Waals surface area (Å²) in [6, 6.07) is 7.78. The van der Waals surface area contributed by atoms with Crippen LogP contribution in [0.3, 0.4) is 0 Å². The Morgan fingerprint density at radius 3 is 2.62 bits per heavy atom. The van der Waals surface area contributed by atoms with E-state index in [4.69, 9.17) is 4.74 Å². The molecule has 0 saturated heterocycles. The molecule has 8 heteroatoms. The number of carbonyl (C=O) groups is 2. The molecule has 1 N–H and O–H groups in total. The van der Waals surface area contributed by atoms with Crippen molar-refractivity contribution in [3.8, 4) is 16.6 Å². The Labute approximate surface area is 154 Å². The van der Waals surface area contributed by atoms with Crippen LogP contribution in [0.15, 0.2) is 29.6 Å². The molecule has 0 radical (unpaired) electrons. The van der Waals surface area contributed by atoms with Gasteiger partial charge in [-0.15, -0.1) is 11.3 Å². The van der Waals surface area contributed by atoms with Crippen LogP contribution in [-0.2, 0) is 9.53 Å². The highest BCUT2D eigenvalue weighted by molar-refractivity contribution is 7.13. The number of aromatic nitrogens is 1. The molecule has 6 nitrogen and oxygen atoms in total. The average Bonchev–Trinajstić information content (AvgIpc) is 3.10. The predicted molar refractivity (Wildman–Crippen MR) is 94.8 cm³/mol. The van der Waals surface area contributed by atoms with Crippen molar-refractivity contribution in [3.05, 3.63) is 41.2 Å². The van der Waals surface area contributed by atoms with Gasteiger partial charge in [0.25, 0.3) is 5.91 Å². The summed E-state index contributed by atoms with van der Waals surface area (Å²) in [6.07, 6.45) is 0. The molecule has 2 rings (SSSR count). The van der Waals surface area contributed by atoms with Crippen LogP contribution in [0.1, 0.15) is 31.3 Å². The first-order valence-electron chi connectivity index (χ1n) is 7.86. The lowest BCUT2D eigenvalue weighted by atomic mass is 9.90. The molecule has 1 amide bonds. The number of nitrogens with zero attached hydrogens (tertiary/aromatic N) is 2. The van der Waals surface area contributed by atoms with E-state index in [0.29, 0.717) is 10.6 Å². The minimum absolute atomic E-state index is 0.0639. The van der Waals surface area contributed by atoms with E-state index >= 15 is 0 Å². The Morgan fingerprint density at radius 1 is 1.38 bits per heavy atom. The molecule has 0 aliphatic heterocycles. The molecular weight excluding hydrogens is 357 g/mol. The van der Waals surface area contributed by atoms with Crippen LogP contribution >= 0.6 is 11.3 Å². The van der Waals surface area contributed by atoms with Crippen molar-refractivity contribution in [2.75, 3.05) is 6.61 Å². The van der Waals surface area contributed by atoms with Crippen LogP contribution in [0.4, 0.5) is 4.39 Å². The van der Waals surface area contributed by atoms with E-state index in [9.17, 15) is 19.2 Å². The topological polar surface area (TPSA) is 92.1 Å². The molecule has 1 heterocycles. The predicted octanol–water partition coefficient (Wildman–Crippen LogP) is 3.16. The third-order valence-electron chi connectivity index (χ3n) is 3.92. The molecule has 1 atom stereocenters. The molecule has 0 aliphatic rings. The summed E-state index contributed by atoms with van der Waals surface area (Å²) in [4.78, 5) is 28.1. The first kappa shape index (κ1) is 19.5. The van der Waals surface area contributed by atoms with E-state index in [0.717, 1.165) is 0 Å². The maximum absolute atomic E-state index is 13.0. The molecule has 0 aliphatic carbocycles. The molecule has 0 bridgehead atoms. The number of benzene rings is 1. The second-order valence-corrected chi connectivity index (χ2v) is 7.00. The van der Waals surface area contributed by atoms with Gasteiger partial charge in [0.2, 0.25) is 0 Å². The van der Waals surface area contributed by atoms with Crippen LogP contribution in [0.25, 0.3) is 10.6 Å². The number of nitriles is 1. The zero-order chi connectivity index (χ0) is 19.3. The van der Waals surface area contributed by atoms with Gasteiger partial charge in [-0.1, -0.05) is 13.8 Å². The van der Waals surface area contributed by atoms with Gasteiger partial charge in [-0.05, 0) is 37.1 Å². The number of hydrogen-bond acceptors (Lipinski definition) is 6. The standard InChI is InChI=1S/C18H18FN3O3S/c1-11(2)18(3,10-20)22-15(23)8-25-17(24)14-9-26-16(21-14)12-4-6-13(19)7-5-12/h4-7,9,11H,8H2,1-3H3,(H,22,23)/t18-/m0/s1. The molecule has 2 aromatic rings. The number of nitrogens with one attached hydrogen (secondary N) is 1. The summed E-state index contributed by atoms with van der Waals surface area (Å²) >= 11 is 1.21. The summed E-state index contributed by atoms with van der Waals surface area (Å²) in [5, 5.41) is 13.8. The van der Waals surface area contributed by atoms with E-state index in [1.165, 1.54) is 28.8 Å². The number of rotatable bonds is 6. The SMILES string of the molecule is CC(C)[C@](C)(C#N)NC(=O)COC(=O)c1csc(-c2ccc(F)cc2)n1. The van der Waals surface area contributed by atoms with Crippen molar-refractivity contribution in [3.63, 3.8) is 0 Å². The zero-order valence-corrected chi connectivity index (χ0v) is 15.4. The summed E-state index contributed by atoms with van der Waals surface area (Å²) in [5.74, 6) is -1.77. The van der Waals surface area contributed by atoms with Gasteiger partial charge in [0.15, 0.2) is 12.3 Å². The van der Waals surface area contributed by atoms with E-state index in [1.807, 2.05) is 19.9 Å². The third-order valence-corrected chi connectivity index (χ3v) is 4.82. The Kier molecular flexibility index (Phi) is 6.05. The van der Waals surface area contributed by atoms with Gasteiger partial charge in [0.05, 0.1) is 6.07 Å². The fourth-order valence-electron chi connectivity index (χ4n) is 1.92. The molecule has 0 fully saturated rings. The highest BCUT2D eigenvalue weighted by atomic mass is 32.1. The van der Waals surface area contributed by atoms with E-state index < -0.39 is 24.0 Å². The van der Waals surface area contributed by atoms with Gasteiger partial charge in [-0.2, -0.15) is 5.26 Å². The lowest BCUT2D eigenvalue weighted by molar-refractivity contribution is -0.125. The zero-order valence-electron chi connectivity index (χ0n) is 14.6. The van der Waals surface area contributed by atoms with Crippen molar-refractivity contribution < 1.29 is 18.7 Å². The quantitative estimate of drug-likeness (QED) is 0.783. The molecule has 1 aromatic heterocycles. The second kappa shape index (κ2) is 8.06. The van der Waals surface area contributed by atoms with Gasteiger partial charge in [-0.25, -0.2) is 14.2 Å². The van der Waals surface area contributed by atoms with Crippen molar-refractivity contribution in [1.29, 1.82) is 5.26 Å². The van der Waals surface area contributed by atoms with E-state index in [2.05, 4.69) is 10.3 Å². The highest BCUT2D eigenvalue weighted by Gasteiger charge is 2.30. The Morgan fingerprint density at radius 2 is 2.04 bits per heavy atom. The molecule has 0 saturated carbocycles. The summed E-state index contributed by atoms with van der Waals surface area (Å²) in [6.45, 7) is 4.71.